The molecule has 0 fully saturated rings. The van der Waals surface area contributed by atoms with Crippen molar-refractivity contribution in [1.29, 1.82) is 0 Å². The number of halogens is 1. The van der Waals surface area contributed by atoms with Gasteiger partial charge in [-0.05, 0) is 11.6 Å². The monoisotopic (exact) mass is 201 g/mol. The summed E-state index contributed by atoms with van der Waals surface area (Å²) in [6.45, 7) is 0.474. The van der Waals surface area contributed by atoms with Gasteiger partial charge in [-0.25, -0.2) is 5.48 Å². The van der Waals surface area contributed by atoms with E-state index in [1.165, 1.54) is 0 Å². The molecule has 0 radical (unpaired) electrons. The Morgan fingerprint density at radius 2 is 2.10 bits per heavy atom. The largest absolute Gasteiger partial charge is 0.316 e. The first kappa shape index (κ1) is 7.72. The third-order valence-electron chi connectivity index (χ3n) is 1.23. The van der Waals surface area contributed by atoms with Crippen molar-refractivity contribution in [3.8, 4) is 0 Å². The fourth-order valence-corrected chi connectivity index (χ4v) is 1.15. The van der Waals surface area contributed by atoms with E-state index in [-0.39, 0.29) is 0 Å². The predicted octanol–water partition coefficient (Wildman–Crippen LogP) is 1.93. The Bertz CT molecular complexity index is 215. The van der Waals surface area contributed by atoms with Crippen molar-refractivity contribution in [3.63, 3.8) is 0 Å². The van der Waals surface area contributed by atoms with Crippen LogP contribution in [0.3, 0.4) is 0 Å². The highest BCUT2D eigenvalue weighted by Crippen LogP contribution is 2.14. The van der Waals surface area contributed by atoms with Gasteiger partial charge in [-0.1, -0.05) is 34.1 Å². The Labute approximate surface area is 68.0 Å². The third-order valence-corrected chi connectivity index (χ3v) is 2.00. The van der Waals surface area contributed by atoms with Crippen LogP contribution in [-0.4, -0.2) is 5.21 Å². The second-order valence-corrected chi connectivity index (χ2v) is 2.78. The minimum absolute atomic E-state index is 0.474. The van der Waals surface area contributed by atoms with Gasteiger partial charge < -0.3 is 5.21 Å². The maximum atomic E-state index is 8.37. The zero-order chi connectivity index (χ0) is 7.40. The van der Waals surface area contributed by atoms with E-state index in [1.807, 2.05) is 24.3 Å². The summed E-state index contributed by atoms with van der Waals surface area (Å²) in [4.78, 5) is 0. The Kier molecular flexibility index (Phi) is 2.86. The quantitative estimate of drug-likeness (QED) is 0.718. The van der Waals surface area contributed by atoms with E-state index >= 15 is 0 Å². The van der Waals surface area contributed by atoms with Crippen LogP contribution in [0.15, 0.2) is 28.7 Å². The van der Waals surface area contributed by atoms with Crippen molar-refractivity contribution in [2.45, 2.75) is 6.54 Å². The van der Waals surface area contributed by atoms with Crippen molar-refractivity contribution in [2.75, 3.05) is 0 Å². The zero-order valence-corrected chi connectivity index (χ0v) is 6.93. The fraction of sp³-hybridized carbons (Fsp3) is 0.143. The van der Waals surface area contributed by atoms with Crippen molar-refractivity contribution < 1.29 is 5.21 Å². The highest BCUT2D eigenvalue weighted by atomic mass is 79.9. The van der Waals surface area contributed by atoms with Gasteiger partial charge in [0.05, 0.1) is 0 Å². The van der Waals surface area contributed by atoms with Gasteiger partial charge in [-0.2, -0.15) is 0 Å². The number of hydrogen-bond acceptors (Lipinski definition) is 2. The lowest BCUT2D eigenvalue weighted by atomic mass is 10.2. The van der Waals surface area contributed by atoms with E-state index < -0.39 is 0 Å². The van der Waals surface area contributed by atoms with E-state index in [0.717, 1.165) is 10.0 Å². The summed E-state index contributed by atoms with van der Waals surface area (Å²) in [5, 5.41) is 8.37. The molecule has 10 heavy (non-hydrogen) atoms. The molecule has 2 N–H and O–H groups in total. The Hall–Kier alpha value is -0.380. The molecule has 3 heteroatoms. The van der Waals surface area contributed by atoms with Crippen molar-refractivity contribution in [3.05, 3.63) is 34.3 Å². The van der Waals surface area contributed by atoms with Crippen LogP contribution in [0.5, 0.6) is 0 Å². The average Bonchev–Trinajstić information content (AvgIpc) is 1.94. The van der Waals surface area contributed by atoms with E-state index in [2.05, 4.69) is 21.4 Å². The van der Waals surface area contributed by atoms with Crippen molar-refractivity contribution in [2.24, 2.45) is 0 Å². The molecule has 0 atom stereocenters. The lowest BCUT2D eigenvalue weighted by Crippen LogP contribution is -2.06. The summed E-state index contributed by atoms with van der Waals surface area (Å²) in [5.41, 5.74) is 3.14. The second kappa shape index (κ2) is 3.71. The first-order chi connectivity index (χ1) is 4.84. The first-order valence-corrected chi connectivity index (χ1v) is 3.74. The molecular formula is C7H8BrNO. The highest BCUT2D eigenvalue weighted by molar-refractivity contribution is 9.10. The molecule has 0 heterocycles. The average molecular weight is 202 g/mol. The van der Waals surface area contributed by atoms with Gasteiger partial charge in [0.25, 0.3) is 0 Å². The first-order valence-electron chi connectivity index (χ1n) is 2.95. The van der Waals surface area contributed by atoms with Crippen molar-refractivity contribution >= 4 is 15.9 Å². The Morgan fingerprint density at radius 3 is 2.70 bits per heavy atom. The Balaban J connectivity index is 2.81. The van der Waals surface area contributed by atoms with Crippen LogP contribution in [0.4, 0.5) is 0 Å². The van der Waals surface area contributed by atoms with Gasteiger partial charge in [0.1, 0.15) is 0 Å². The summed E-state index contributed by atoms with van der Waals surface area (Å²) in [5.74, 6) is 0. The van der Waals surface area contributed by atoms with Gasteiger partial charge in [0, 0.05) is 11.0 Å². The molecule has 1 rings (SSSR count). The summed E-state index contributed by atoms with van der Waals surface area (Å²) < 4.78 is 1.01. The molecule has 1 aromatic carbocycles. The van der Waals surface area contributed by atoms with Gasteiger partial charge in [0.15, 0.2) is 0 Å². The molecule has 0 bridgehead atoms. The molecule has 0 aliphatic carbocycles. The SMILES string of the molecule is ONCc1ccccc1Br. The summed E-state index contributed by atoms with van der Waals surface area (Å²) in [6, 6.07) is 7.74. The van der Waals surface area contributed by atoms with E-state index in [1.54, 1.807) is 0 Å². The molecule has 2 nitrogen and oxygen atoms in total. The minimum atomic E-state index is 0.474. The highest BCUT2D eigenvalue weighted by Gasteiger charge is 1.94. The topological polar surface area (TPSA) is 32.3 Å². The number of hydroxylamine groups is 1. The van der Waals surface area contributed by atoms with Gasteiger partial charge >= 0.3 is 0 Å². The van der Waals surface area contributed by atoms with Gasteiger partial charge in [-0.15, -0.1) is 0 Å². The lowest BCUT2D eigenvalue weighted by Gasteiger charge is -2.00. The Morgan fingerprint density at radius 1 is 1.40 bits per heavy atom. The van der Waals surface area contributed by atoms with Crippen molar-refractivity contribution in [1.82, 2.24) is 5.48 Å². The number of hydrogen-bond donors (Lipinski definition) is 2. The lowest BCUT2D eigenvalue weighted by molar-refractivity contribution is 0.161. The number of nitrogens with one attached hydrogen (secondary N) is 1. The van der Waals surface area contributed by atoms with Crippen LogP contribution in [0.1, 0.15) is 5.56 Å². The molecular weight excluding hydrogens is 194 g/mol. The molecule has 0 amide bonds. The van der Waals surface area contributed by atoms with Crippen LogP contribution >= 0.6 is 15.9 Å². The third kappa shape index (κ3) is 1.80. The normalized spacial score (nSPS) is 9.80. The van der Waals surface area contributed by atoms with Crippen LogP contribution in [0.25, 0.3) is 0 Å². The molecule has 1 aromatic rings. The van der Waals surface area contributed by atoms with Crippen LogP contribution < -0.4 is 5.48 Å². The number of benzene rings is 1. The molecule has 0 aromatic heterocycles. The molecule has 0 spiro atoms. The molecule has 0 aliphatic rings. The van der Waals surface area contributed by atoms with Crippen LogP contribution in [0, 0.1) is 0 Å². The van der Waals surface area contributed by atoms with Gasteiger partial charge in [0.2, 0.25) is 0 Å². The minimum Gasteiger partial charge on any atom is -0.316 e. The summed E-state index contributed by atoms with van der Waals surface area (Å²) in [6.07, 6.45) is 0. The predicted molar refractivity (Wildman–Crippen MR) is 42.8 cm³/mol. The molecule has 0 saturated heterocycles. The summed E-state index contributed by atoms with van der Waals surface area (Å²) >= 11 is 3.35. The smallest absolute Gasteiger partial charge is 0.0469 e. The summed E-state index contributed by atoms with van der Waals surface area (Å²) in [7, 11) is 0. The van der Waals surface area contributed by atoms with E-state index in [4.69, 9.17) is 5.21 Å². The molecule has 0 saturated carbocycles. The van der Waals surface area contributed by atoms with E-state index in [0.29, 0.717) is 6.54 Å². The maximum absolute atomic E-state index is 8.37. The molecule has 0 unspecified atom stereocenters. The van der Waals surface area contributed by atoms with E-state index in [9.17, 15) is 0 Å². The standard InChI is InChI=1S/C7H8BrNO/c8-7-4-2-1-3-6(7)5-9-10/h1-4,9-10H,5H2. The second-order valence-electron chi connectivity index (χ2n) is 1.93. The molecule has 0 aliphatic heterocycles. The maximum Gasteiger partial charge on any atom is 0.0469 e. The molecule has 54 valence electrons. The fourth-order valence-electron chi connectivity index (χ4n) is 0.727. The van der Waals surface area contributed by atoms with Gasteiger partial charge in [-0.3, -0.25) is 0 Å². The van der Waals surface area contributed by atoms with Crippen LogP contribution in [0.2, 0.25) is 0 Å². The number of rotatable bonds is 2. The van der Waals surface area contributed by atoms with Crippen LogP contribution in [-0.2, 0) is 6.54 Å². The zero-order valence-electron chi connectivity index (χ0n) is 5.34.